The lowest BCUT2D eigenvalue weighted by atomic mass is 9.83. The largest absolute Gasteiger partial charge is 0.475 e. The van der Waals surface area contributed by atoms with Crippen molar-refractivity contribution in [1.82, 2.24) is 15.5 Å². The summed E-state index contributed by atoms with van der Waals surface area (Å²) in [7, 11) is 0. The molecule has 1 heterocycles. The standard InChI is InChI=1S/C14H22N4O2/c1-2-16-13(19)11-6-7-12(18-17-11)20-10-14(15)8-4-3-5-9-14/h6-7H,2-5,8-10,15H2,1H3,(H,16,19). The molecular weight excluding hydrogens is 256 g/mol. The van der Waals surface area contributed by atoms with Crippen LogP contribution in [0, 0.1) is 0 Å². The molecule has 0 spiro atoms. The average Bonchev–Trinajstić information content (AvgIpc) is 2.47. The minimum absolute atomic E-state index is 0.228. The minimum Gasteiger partial charge on any atom is -0.475 e. The molecule has 0 saturated heterocycles. The summed E-state index contributed by atoms with van der Waals surface area (Å²) in [4.78, 5) is 11.5. The zero-order valence-corrected chi connectivity index (χ0v) is 11.9. The molecule has 110 valence electrons. The van der Waals surface area contributed by atoms with Crippen LogP contribution in [0.2, 0.25) is 0 Å². The number of rotatable bonds is 5. The number of aromatic nitrogens is 2. The minimum atomic E-state index is -0.252. The zero-order valence-electron chi connectivity index (χ0n) is 11.9. The topological polar surface area (TPSA) is 90.1 Å². The second kappa shape index (κ2) is 6.65. The van der Waals surface area contributed by atoms with Crippen LogP contribution in [0.5, 0.6) is 5.88 Å². The van der Waals surface area contributed by atoms with Crippen LogP contribution in [0.3, 0.4) is 0 Å². The van der Waals surface area contributed by atoms with Crippen molar-refractivity contribution in [3.63, 3.8) is 0 Å². The molecule has 3 N–H and O–H groups in total. The summed E-state index contributed by atoms with van der Waals surface area (Å²) in [5, 5.41) is 10.4. The third-order valence-electron chi connectivity index (χ3n) is 3.57. The van der Waals surface area contributed by atoms with Gasteiger partial charge in [-0.2, -0.15) is 0 Å². The number of hydrogen-bond acceptors (Lipinski definition) is 5. The van der Waals surface area contributed by atoms with E-state index in [-0.39, 0.29) is 11.4 Å². The van der Waals surface area contributed by atoms with Crippen molar-refractivity contribution in [3.05, 3.63) is 17.8 Å². The summed E-state index contributed by atoms with van der Waals surface area (Å²) >= 11 is 0. The molecule has 0 radical (unpaired) electrons. The Morgan fingerprint density at radius 3 is 2.70 bits per heavy atom. The van der Waals surface area contributed by atoms with Gasteiger partial charge in [-0.15, -0.1) is 10.2 Å². The van der Waals surface area contributed by atoms with E-state index in [2.05, 4.69) is 15.5 Å². The Balaban J connectivity index is 1.89. The number of nitrogens with one attached hydrogen (secondary N) is 1. The summed E-state index contributed by atoms with van der Waals surface area (Å²) in [6, 6.07) is 3.27. The smallest absolute Gasteiger partial charge is 0.271 e. The first-order valence-electron chi connectivity index (χ1n) is 7.16. The van der Waals surface area contributed by atoms with Crippen LogP contribution in [0.4, 0.5) is 0 Å². The van der Waals surface area contributed by atoms with E-state index in [1.165, 1.54) is 6.42 Å². The van der Waals surface area contributed by atoms with Crippen LogP contribution in [0.25, 0.3) is 0 Å². The molecule has 1 amide bonds. The molecule has 1 fully saturated rings. The van der Waals surface area contributed by atoms with Crippen molar-refractivity contribution in [2.24, 2.45) is 5.73 Å². The van der Waals surface area contributed by atoms with E-state index in [0.717, 1.165) is 25.7 Å². The number of amides is 1. The normalized spacial score (nSPS) is 17.5. The van der Waals surface area contributed by atoms with Gasteiger partial charge >= 0.3 is 0 Å². The van der Waals surface area contributed by atoms with Crippen molar-refractivity contribution < 1.29 is 9.53 Å². The van der Waals surface area contributed by atoms with Gasteiger partial charge in [0.1, 0.15) is 6.61 Å². The number of carbonyl (C=O) groups excluding carboxylic acids is 1. The fraction of sp³-hybridized carbons (Fsp3) is 0.643. The van der Waals surface area contributed by atoms with Crippen molar-refractivity contribution >= 4 is 5.91 Å². The predicted octanol–water partition coefficient (Wildman–Crippen LogP) is 1.27. The highest BCUT2D eigenvalue weighted by molar-refractivity contribution is 5.91. The van der Waals surface area contributed by atoms with Crippen LogP contribution in [0.1, 0.15) is 49.5 Å². The van der Waals surface area contributed by atoms with Gasteiger partial charge in [-0.05, 0) is 25.8 Å². The maximum atomic E-state index is 11.5. The molecule has 1 aliphatic rings. The molecule has 0 aromatic carbocycles. The SMILES string of the molecule is CCNC(=O)c1ccc(OCC2(N)CCCCC2)nn1. The molecule has 0 bridgehead atoms. The summed E-state index contributed by atoms with van der Waals surface area (Å²) in [6.07, 6.45) is 5.53. The monoisotopic (exact) mass is 278 g/mol. The zero-order chi connectivity index (χ0) is 14.4. The maximum absolute atomic E-state index is 11.5. The number of ether oxygens (including phenoxy) is 1. The molecule has 1 aliphatic carbocycles. The Labute approximate surface area is 119 Å². The van der Waals surface area contributed by atoms with Gasteiger partial charge in [0.2, 0.25) is 5.88 Å². The number of carbonyl (C=O) groups is 1. The van der Waals surface area contributed by atoms with E-state index in [0.29, 0.717) is 24.7 Å². The third-order valence-corrected chi connectivity index (χ3v) is 3.57. The van der Waals surface area contributed by atoms with Gasteiger partial charge in [-0.1, -0.05) is 19.3 Å². The van der Waals surface area contributed by atoms with E-state index >= 15 is 0 Å². The first kappa shape index (κ1) is 14.7. The lowest BCUT2D eigenvalue weighted by Gasteiger charge is -2.32. The number of nitrogens with zero attached hydrogens (tertiary/aromatic N) is 2. The summed E-state index contributed by atoms with van der Waals surface area (Å²) in [5.41, 5.74) is 6.33. The molecule has 0 atom stereocenters. The van der Waals surface area contributed by atoms with E-state index in [1.807, 2.05) is 6.92 Å². The van der Waals surface area contributed by atoms with Gasteiger partial charge in [0.25, 0.3) is 5.91 Å². The maximum Gasteiger partial charge on any atom is 0.271 e. The molecular formula is C14H22N4O2. The highest BCUT2D eigenvalue weighted by Crippen LogP contribution is 2.26. The van der Waals surface area contributed by atoms with E-state index in [9.17, 15) is 4.79 Å². The van der Waals surface area contributed by atoms with Gasteiger partial charge in [0, 0.05) is 12.6 Å². The number of nitrogens with two attached hydrogens (primary N) is 1. The van der Waals surface area contributed by atoms with Crippen molar-refractivity contribution in [2.75, 3.05) is 13.2 Å². The molecule has 20 heavy (non-hydrogen) atoms. The highest BCUT2D eigenvalue weighted by atomic mass is 16.5. The van der Waals surface area contributed by atoms with Crippen molar-refractivity contribution in [3.8, 4) is 5.88 Å². The predicted molar refractivity (Wildman–Crippen MR) is 75.5 cm³/mol. The fourth-order valence-corrected chi connectivity index (χ4v) is 2.39. The van der Waals surface area contributed by atoms with Crippen molar-refractivity contribution in [2.45, 2.75) is 44.6 Å². The van der Waals surface area contributed by atoms with Gasteiger partial charge in [0.05, 0.1) is 5.54 Å². The van der Waals surface area contributed by atoms with E-state index in [1.54, 1.807) is 12.1 Å². The summed E-state index contributed by atoms with van der Waals surface area (Å²) in [5.74, 6) is 0.183. The second-order valence-corrected chi connectivity index (χ2v) is 5.33. The first-order valence-corrected chi connectivity index (χ1v) is 7.16. The van der Waals surface area contributed by atoms with Crippen LogP contribution >= 0.6 is 0 Å². The molecule has 2 rings (SSSR count). The van der Waals surface area contributed by atoms with Crippen molar-refractivity contribution in [1.29, 1.82) is 0 Å². The molecule has 6 heteroatoms. The molecule has 0 aliphatic heterocycles. The van der Waals surface area contributed by atoms with Crippen LogP contribution < -0.4 is 15.8 Å². The second-order valence-electron chi connectivity index (χ2n) is 5.33. The molecule has 6 nitrogen and oxygen atoms in total. The summed E-state index contributed by atoms with van der Waals surface area (Å²) < 4.78 is 5.61. The van der Waals surface area contributed by atoms with Gasteiger partial charge in [0.15, 0.2) is 5.69 Å². The van der Waals surface area contributed by atoms with Crippen LogP contribution in [-0.2, 0) is 0 Å². The quantitative estimate of drug-likeness (QED) is 0.846. The molecule has 1 saturated carbocycles. The molecule has 0 unspecified atom stereocenters. The third kappa shape index (κ3) is 3.90. The van der Waals surface area contributed by atoms with E-state index in [4.69, 9.17) is 10.5 Å². The van der Waals surface area contributed by atoms with Gasteiger partial charge < -0.3 is 15.8 Å². The van der Waals surface area contributed by atoms with Gasteiger partial charge in [-0.25, -0.2) is 0 Å². The summed E-state index contributed by atoms with van der Waals surface area (Å²) in [6.45, 7) is 2.87. The molecule has 1 aromatic rings. The van der Waals surface area contributed by atoms with Crippen LogP contribution in [-0.4, -0.2) is 34.8 Å². The van der Waals surface area contributed by atoms with E-state index < -0.39 is 0 Å². The fourth-order valence-electron chi connectivity index (χ4n) is 2.39. The Kier molecular flexibility index (Phi) is 4.89. The Bertz CT molecular complexity index is 441. The Hall–Kier alpha value is -1.69. The van der Waals surface area contributed by atoms with Gasteiger partial charge in [-0.3, -0.25) is 4.79 Å². The Morgan fingerprint density at radius 1 is 1.35 bits per heavy atom. The average molecular weight is 278 g/mol. The lowest BCUT2D eigenvalue weighted by Crippen LogP contribution is -2.47. The van der Waals surface area contributed by atoms with Crippen LogP contribution in [0.15, 0.2) is 12.1 Å². The highest BCUT2D eigenvalue weighted by Gasteiger charge is 2.28. The first-order chi connectivity index (χ1) is 9.63. The Morgan fingerprint density at radius 2 is 2.10 bits per heavy atom. The lowest BCUT2D eigenvalue weighted by molar-refractivity contribution is 0.0949. The molecule has 1 aromatic heterocycles. The number of hydrogen-bond donors (Lipinski definition) is 2.